The minimum atomic E-state index is -0.750. The quantitative estimate of drug-likeness (QED) is 0.376. The lowest BCUT2D eigenvalue weighted by atomic mass is 9.90. The van der Waals surface area contributed by atoms with Crippen LogP contribution in [0.4, 0.5) is 5.82 Å². The summed E-state index contributed by atoms with van der Waals surface area (Å²) in [6.07, 6.45) is -0.535. The van der Waals surface area contributed by atoms with Gasteiger partial charge >= 0.3 is 0 Å². The predicted molar refractivity (Wildman–Crippen MR) is 161 cm³/mol. The van der Waals surface area contributed by atoms with E-state index in [1.54, 1.807) is 16.2 Å². The molecule has 41 heavy (non-hydrogen) atoms. The van der Waals surface area contributed by atoms with Crippen LogP contribution in [0.25, 0.3) is 10.4 Å². The Morgan fingerprint density at radius 1 is 1.15 bits per heavy atom. The maximum Gasteiger partial charge on any atom is 0.243 e. The highest BCUT2D eigenvalue weighted by Crippen LogP contribution is 2.33. The second-order valence-electron chi connectivity index (χ2n) is 11.5. The molecule has 2 fully saturated rings. The summed E-state index contributed by atoms with van der Waals surface area (Å²) in [6.45, 7) is 11.6. The van der Waals surface area contributed by atoms with Gasteiger partial charge in [0.25, 0.3) is 0 Å². The molecule has 0 radical (unpaired) electrons. The van der Waals surface area contributed by atoms with Crippen LogP contribution < -0.4 is 15.5 Å². The standard InChI is InChI=1S/C30H41N7O3S/c1-18(2)27(24-15-26(35(5)34-24)36-12-10-31-11-13-36)30(40)37-16-23(38)14-25(37)29(39)33-19(3)21-6-8-22(9-7-21)28-20(4)32-17-41-28/h6-9,15,17-19,23,25,27,31,38H,10-14,16H2,1-5H3,(H,33,39)/t19-,23+,25-,27+/m0/s1. The first-order valence-electron chi connectivity index (χ1n) is 14.4. The van der Waals surface area contributed by atoms with E-state index in [1.807, 2.05) is 75.3 Å². The average Bonchev–Trinajstić information content (AvgIpc) is 3.67. The van der Waals surface area contributed by atoms with Crippen molar-refractivity contribution in [2.45, 2.75) is 58.2 Å². The second kappa shape index (κ2) is 12.3. The van der Waals surface area contributed by atoms with Crippen molar-refractivity contribution in [3.05, 3.63) is 52.8 Å². The number of thiazole rings is 1. The maximum absolute atomic E-state index is 14.0. The third-order valence-electron chi connectivity index (χ3n) is 8.21. The van der Waals surface area contributed by atoms with Crippen molar-refractivity contribution in [2.24, 2.45) is 13.0 Å². The van der Waals surface area contributed by atoms with Crippen molar-refractivity contribution >= 4 is 29.0 Å². The van der Waals surface area contributed by atoms with Crippen LogP contribution in [0, 0.1) is 12.8 Å². The normalized spacial score (nSPS) is 20.9. The molecule has 4 atom stereocenters. The van der Waals surface area contributed by atoms with Crippen LogP contribution in [0.1, 0.15) is 56.1 Å². The van der Waals surface area contributed by atoms with Gasteiger partial charge < -0.3 is 25.5 Å². The van der Waals surface area contributed by atoms with Gasteiger partial charge in [-0.05, 0) is 30.9 Å². The smallest absolute Gasteiger partial charge is 0.243 e. The molecule has 3 aromatic rings. The Hall–Kier alpha value is -3.28. The Bertz CT molecular complexity index is 1360. The van der Waals surface area contributed by atoms with E-state index in [9.17, 15) is 14.7 Å². The number of aryl methyl sites for hydroxylation is 2. The molecular formula is C30H41N7O3S. The molecule has 2 saturated heterocycles. The van der Waals surface area contributed by atoms with Crippen LogP contribution in [0.2, 0.25) is 0 Å². The first kappa shape index (κ1) is 29.2. The first-order chi connectivity index (χ1) is 19.6. The molecule has 11 heteroatoms. The number of likely N-dealkylation sites (tertiary alicyclic amines) is 1. The van der Waals surface area contributed by atoms with Gasteiger partial charge in [-0.1, -0.05) is 38.1 Å². The third-order valence-corrected chi connectivity index (χ3v) is 9.19. The van der Waals surface area contributed by atoms with E-state index in [4.69, 9.17) is 5.10 Å². The molecule has 2 amide bonds. The van der Waals surface area contributed by atoms with E-state index >= 15 is 0 Å². The third kappa shape index (κ3) is 6.17. The van der Waals surface area contributed by atoms with Gasteiger partial charge in [0.2, 0.25) is 11.8 Å². The topological polar surface area (TPSA) is 116 Å². The summed E-state index contributed by atoms with van der Waals surface area (Å²) in [5, 5.41) is 21.8. The van der Waals surface area contributed by atoms with E-state index in [0.29, 0.717) is 5.69 Å². The number of aliphatic hydroxyl groups excluding tert-OH is 1. The Labute approximate surface area is 245 Å². The number of hydrogen-bond acceptors (Lipinski definition) is 8. The largest absolute Gasteiger partial charge is 0.391 e. The van der Waals surface area contributed by atoms with Crippen molar-refractivity contribution in [3.63, 3.8) is 0 Å². The summed E-state index contributed by atoms with van der Waals surface area (Å²) < 4.78 is 1.84. The number of nitrogens with zero attached hydrogens (tertiary/aromatic N) is 5. The van der Waals surface area contributed by atoms with E-state index in [1.165, 1.54) is 0 Å². The predicted octanol–water partition coefficient (Wildman–Crippen LogP) is 2.84. The highest BCUT2D eigenvalue weighted by atomic mass is 32.1. The number of aliphatic hydroxyl groups is 1. The summed E-state index contributed by atoms with van der Waals surface area (Å²) in [5.74, 6) is 0.0161. The zero-order valence-electron chi connectivity index (χ0n) is 24.5. The van der Waals surface area contributed by atoms with Gasteiger partial charge in [0.1, 0.15) is 11.9 Å². The van der Waals surface area contributed by atoms with E-state index in [-0.39, 0.29) is 36.7 Å². The minimum Gasteiger partial charge on any atom is -0.391 e. The number of aromatic nitrogens is 3. The van der Waals surface area contributed by atoms with Gasteiger partial charge in [0, 0.05) is 52.3 Å². The van der Waals surface area contributed by atoms with Gasteiger partial charge in [-0.15, -0.1) is 11.3 Å². The van der Waals surface area contributed by atoms with Crippen LogP contribution in [-0.2, 0) is 16.6 Å². The van der Waals surface area contributed by atoms with Gasteiger partial charge in [-0.3, -0.25) is 14.3 Å². The van der Waals surface area contributed by atoms with E-state index in [2.05, 4.69) is 20.5 Å². The van der Waals surface area contributed by atoms with Gasteiger partial charge in [-0.25, -0.2) is 4.98 Å². The number of piperazine rings is 1. The summed E-state index contributed by atoms with van der Waals surface area (Å²) in [5.41, 5.74) is 5.60. The molecule has 0 saturated carbocycles. The molecule has 0 aliphatic carbocycles. The summed E-state index contributed by atoms with van der Waals surface area (Å²) >= 11 is 1.61. The van der Waals surface area contributed by atoms with Crippen LogP contribution in [0.15, 0.2) is 35.8 Å². The Morgan fingerprint density at radius 2 is 1.85 bits per heavy atom. The molecule has 4 heterocycles. The highest BCUT2D eigenvalue weighted by Gasteiger charge is 2.43. The van der Waals surface area contributed by atoms with Gasteiger partial charge in [0.05, 0.1) is 39.8 Å². The van der Waals surface area contributed by atoms with Gasteiger partial charge in [0.15, 0.2) is 0 Å². The molecule has 3 N–H and O–H groups in total. The number of hydrogen-bond donors (Lipinski definition) is 3. The monoisotopic (exact) mass is 579 g/mol. The van der Waals surface area contributed by atoms with Crippen molar-refractivity contribution in [2.75, 3.05) is 37.6 Å². The molecule has 0 spiro atoms. The number of carbonyl (C=O) groups is 2. The lowest BCUT2D eigenvalue weighted by Crippen LogP contribution is -2.48. The number of carbonyl (C=O) groups excluding carboxylic acids is 2. The maximum atomic E-state index is 14.0. The number of rotatable bonds is 8. The molecule has 10 nitrogen and oxygen atoms in total. The Balaban J connectivity index is 1.30. The fourth-order valence-corrected chi connectivity index (χ4v) is 6.77. The van der Waals surface area contributed by atoms with Crippen molar-refractivity contribution < 1.29 is 14.7 Å². The fraction of sp³-hybridized carbons (Fsp3) is 0.533. The number of nitrogens with one attached hydrogen (secondary N) is 2. The molecule has 1 aromatic carbocycles. The van der Waals surface area contributed by atoms with E-state index < -0.39 is 18.1 Å². The van der Waals surface area contributed by atoms with Crippen molar-refractivity contribution in [1.82, 2.24) is 30.3 Å². The molecule has 0 bridgehead atoms. The number of benzene rings is 1. The number of amides is 2. The number of anilines is 1. The molecular weight excluding hydrogens is 538 g/mol. The fourth-order valence-electron chi connectivity index (χ4n) is 5.95. The average molecular weight is 580 g/mol. The lowest BCUT2D eigenvalue weighted by Gasteiger charge is -2.30. The van der Waals surface area contributed by atoms with Crippen LogP contribution >= 0.6 is 11.3 Å². The summed E-state index contributed by atoms with van der Waals surface area (Å²) in [7, 11) is 1.91. The Morgan fingerprint density at radius 3 is 2.49 bits per heavy atom. The molecule has 220 valence electrons. The number of β-amino-alcohol motifs (C(OH)–C–C–N with tert-alkyl or cyclic N) is 1. The highest BCUT2D eigenvalue weighted by molar-refractivity contribution is 7.13. The zero-order valence-corrected chi connectivity index (χ0v) is 25.3. The minimum absolute atomic E-state index is 0.0330. The lowest BCUT2D eigenvalue weighted by molar-refractivity contribution is -0.140. The molecule has 2 aliphatic heterocycles. The first-order valence-corrected chi connectivity index (χ1v) is 15.3. The van der Waals surface area contributed by atoms with Crippen LogP contribution in [0.5, 0.6) is 0 Å². The SMILES string of the molecule is Cc1ncsc1-c1ccc([C@H](C)NC(=O)[C@@H]2C[C@@H](O)CN2C(=O)[C@@H](c2cc(N3CCNCC3)n(C)n2)C(C)C)cc1. The van der Waals surface area contributed by atoms with Crippen LogP contribution in [-0.4, -0.2) is 81.5 Å². The zero-order chi connectivity index (χ0) is 29.3. The van der Waals surface area contributed by atoms with Gasteiger partial charge in [-0.2, -0.15) is 5.10 Å². The molecule has 2 aliphatic rings. The van der Waals surface area contributed by atoms with Crippen molar-refractivity contribution in [3.8, 4) is 10.4 Å². The second-order valence-corrected chi connectivity index (χ2v) is 12.4. The summed E-state index contributed by atoms with van der Waals surface area (Å²) in [6, 6.07) is 9.12. The molecule has 5 rings (SSSR count). The molecule has 0 unspecified atom stereocenters. The van der Waals surface area contributed by atoms with Crippen LogP contribution in [0.3, 0.4) is 0 Å². The van der Waals surface area contributed by atoms with Crippen molar-refractivity contribution in [1.29, 1.82) is 0 Å². The van der Waals surface area contributed by atoms with E-state index in [0.717, 1.165) is 53.7 Å². The summed E-state index contributed by atoms with van der Waals surface area (Å²) in [4.78, 5) is 36.9. The molecule has 2 aromatic heterocycles. The Kier molecular flexibility index (Phi) is 8.77.